The molecule has 0 fully saturated rings. The highest BCUT2D eigenvalue weighted by molar-refractivity contribution is 7.92. The van der Waals surface area contributed by atoms with E-state index in [4.69, 9.17) is 11.6 Å². The van der Waals surface area contributed by atoms with Crippen LogP contribution in [0.3, 0.4) is 0 Å². The molecule has 1 amide bonds. The summed E-state index contributed by atoms with van der Waals surface area (Å²) < 4.78 is 25.9. The molecule has 0 bridgehead atoms. The number of benzene rings is 2. The molecule has 0 saturated carbocycles. The van der Waals surface area contributed by atoms with Gasteiger partial charge in [-0.2, -0.15) is 0 Å². The van der Waals surface area contributed by atoms with E-state index >= 15 is 0 Å². The predicted octanol–water partition coefficient (Wildman–Crippen LogP) is 5.27. The van der Waals surface area contributed by atoms with E-state index in [2.05, 4.69) is 19.2 Å². The van der Waals surface area contributed by atoms with Crippen LogP contribution in [0.1, 0.15) is 49.3 Å². The van der Waals surface area contributed by atoms with Crippen LogP contribution in [0.25, 0.3) is 0 Å². The Balaban J connectivity index is 2.09. The summed E-state index contributed by atoms with van der Waals surface area (Å²) in [6.45, 7) is 8.18. The van der Waals surface area contributed by atoms with Crippen molar-refractivity contribution in [2.75, 3.05) is 22.4 Å². The van der Waals surface area contributed by atoms with Gasteiger partial charge < -0.3 is 5.32 Å². The number of rotatable bonds is 8. The van der Waals surface area contributed by atoms with Crippen molar-refractivity contribution in [2.45, 2.75) is 46.5 Å². The van der Waals surface area contributed by atoms with Gasteiger partial charge in [-0.1, -0.05) is 49.7 Å². The highest BCUT2D eigenvalue weighted by Crippen LogP contribution is 2.28. The molecule has 0 atom stereocenters. The number of nitrogens with zero attached hydrogens (tertiary/aromatic N) is 1. The highest BCUT2D eigenvalue weighted by atomic mass is 35.5. The molecular weight excluding hydrogens is 408 g/mol. The lowest BCUT2D eigenvalue weighted by molar-refractivity contribution is -0.116. The first kappa shape index (κ1) is 23.2. The summed E-state index contributed by atoms with van der Waals surface area (Å²) in [5.74, 6) is 0.161. The van der Waals surface area contributed by atoms with Gasteiger partial charge in [0.05, 0.1) is 11.9 Å². The monoisotopic (exact) mass is 436 g/mol. The van der Waals surface area contributed by atoms with Crippen molar-refractivity contribution in [1.29, 1.82) is 0 Å². The van der Waals surface area contributed by atoms with Gasteiger partial charge in [-0.25, -0.2) is 8.42 Å². The SMILES string of the molecule is Cc1ccc(Cl)cc1N(CCCC(=O)Nc1c(C)cccc1C(C)C)S(C)(=O)=O. The Kier molecular flexibility index (Phi) is 7.72. The number of carbonyl (C=O) groups excluding carboxylic acids is 1. The molecule has 29 heavy (non-hydrogen) atoms. The van der Waals surface area contributed by atoms with E-state index in [1.807, 2.05) is 32.0 Å². The molecule has 1 N–H and O–H groups in total. The number of amides is 1. The maximum atomic E-state index is 12.5. The van der Waals surface area contributed by atoms with Gasteiger partial charge in [-0.3, -0.25) is 9.10 Å². The number of carbonyl (C=O) groups is 1. The van der Waals surface area contributed by atoms with Crippen molar-refractivity contribution in [3.8, 4) is 0 Å². The van der Waals surface area contributed by atoms with Gasteiger partial charge in [0.15, 0.2) is 0 Å². The third-order valence-electron chi connectivity index (χ3n) is 4.80. The average Bonchev–Trinajstić information content (AvgIpc) is 2.61. The third kappa shape index (κ3) is 6.21. The number of para-hydroxylation sites is 1. The van der Waals surface area contributed by atoms with E-state index in [0.29, 0.717) is 17.1 Å². The Morgan fingerprint density at radius 2 is 1.83 bits per heavy atom. The third-order valence-corrected chi connectivity index (χ3v) is 6.21. The zero-order chi connectivity index (χ0) is 21.8. The fraction of sp³-hybridized carbons (Fsp3) is 0.409. The molecule has 0 heterocycles. The molecule has 0 unspecified atom stereocenters. The van der Waals surface area contributed by atoms with Crippen LogP contribution in [0.5, 0.6) is 0 Å². The number of hydrogen-bond acceptors (Lipinski definition) is 3. The molecule has 5 nitrogen and oxygen atoms in total. The summed E-state index contributed by atoms with van der Waals surface area (Å²) in [4.78, 5) is 12.5. The number of anilines is 2. The fourth-order valence-electron chi connectivity index (χ4n) is 3.24. The van der Waals surface area contributed by atoms with Crippen molar-refractivity contribution in [1.82, 2.24) is 0 Å². The van der Waals surface area contributed by atoms with Crippen molar-refractivity contribution in [3.05, 3.63) is 58.1 Å². The lowest BCUT2D eigenvalue weighted by Crippen LogP contribution is -2.32. The molecule has 0 aliphatic heterocycles. The maximum absolute atomic E-state index is 12.5. The number of nitrogens with one attached hydrogen (secondary N) is 1. The van der Waals surface area contributed by atoms with Gasteiger partial charge in [0.25, 0.3) is 0 Å². The summed E-state index contributed by atoms with van der Waals surface area (Å²) in [6, 6.07) is 11.1. The standard InChI is InChI=1S/C22H29ClN2O3S/c1-15(2)19-9-6-8-17(4)22(19)24-21(26)10-7-13-25(29(5,27)28)20-14-18(23)12-11-16(20)3/h6,8-9,11-12,14-15H,7,10,13H2,1-5H3,(H,24,26). The van der Waals surface area contributed by atoms with E-state index in [1.165, 1.54) is 4.31 Å². The second kappa shape index (κ2) is 9.63. The molecule has 0 aliphatic rings. The Morgan fingerprint density at radius 1 is 1.14 bits per heavy atom. The minimum atomic E-state index is -3.50. The number of aryl methyl sites for hydroxylation is 2. The lowest BCUT2D eigenvalue weighted by Gasteiger charge is -2.24. The zero-order valence-corrected chi connectivity index (χ0v) is 19.2. The smallest absolute Gasteiger partial charge is 0.232 e. The minimum absolute atomic E-state index is 0.127. The molecule has 2 aromatic rings. The van der Waals surface area contributed by atoms with Crippen LogP contribution in [0.2, 0.25) is 5.02 Å². The van der Waals surface area contributed by atoms with Crippen LogP contribution in [-0.2, 0) is 14.8 Å². The lowest BCUT2D eigenvalue weighted by atomic mass is 9.98. The van der Waals surface area contributed by atoms with E-state index in [0.717, 1.165) is 28.6 Å². The number of halogens is 1. The summed E-state index contributed by atoms with van der Waals surface area (Å²) in [5, 5.41) is 3.48. The van der Waals surface area contributed by atoms with Gasteiger partial charge in [0.1, 0.15) is 0 Å². The minimum Gasteiger partial charge on any atom is -0.326 e. The van der Waals surface area contributed by atoms with Crippen molar-refractivity contribution in [2.24, 2.45) is 0 Å². The van der Waals surface area contributed by atoms with Crippen molar-refractivity contribution in [3.63, 3.8) is 0 Å². The Bertz CT molecular complexity index is 988. The van der Waals surface area contributed by atoms with Gasteiger partial charge >= 0.3 is 0 Å². The first-order valence-corrected chi connectivity index (χ1v) is 11.9. The summed E-state index contributed by atoms with van der Waals surface area (Å²) in [5.41, 5.74) is 4.30. The fourth-order valence-corrected chi connectivity index (χ4v) is 4.42. The van der Waals surface area contributed by atoms with Gasteiger partial charge in [-0.05, 0) is 55.0 Å². The van der Waals surface area contributed by atoms with Crippen molar-refractivity contribution >= 4 is 38.9 Å². The molecule has 2 aromatic carbocycles. The van der Waals surface area contributed by atoms with Crippen LogP contribution in [-0.4, -0.2) is 27.1 Å². The van der Waals surface area contributed by atoms with E-state index < -0.39 is 10.0 Å². The molecule has 7 heteroatoms. The van der Waals surface area contributed by atoms with E-state index in [9.17, 15) is 13.2 Å². The molecular formula is C22H29ClN2O3S. The van der Waals surface area contributed by atoms with Crippen molar-refractivity contribution < 1.29 is 13.2 Å². The second-order valence-corrected chi connectivity index (χ2v) is 9.95. The molecule has 0 aromatic heterocycles. The Labute approximate surface area is 179 Å². The van der Waals surface area contributed by atoms with Crippen LogP contribution in [0.4, 0.5) is 11.4 Å². The molecule has 0 radical (unpaired) electrons. The Morgan fingerprint density at radius 3 is 2.45 bits per heavy atom. The summed E-state index contributed by atoms with van der Waals surface area (Å²) >= 11 is 6.06. The molecule has 2 rings (SSSR count). The van der Waals surface area contributed by atoms with Gasteiger partial charge in [0, 0.05) is 23.7 Å². The topological polar surface area (TPSA) is 66.5 Å². The van der Waals surface area contributed by atoms with E-state index in [-0.39, 0.29) is 24.8 Å². The van der Waals surface area contributed by atoms with Gasteiger partial charge in [0.2, 0.25) is 15.9 Å². The van der Waals surface area contributed by atoms with Crippen LogP contribution < -0.4 is 9.62 Å². The number of hydrogen-bond donors (Lipinski definition) is 1. The highest BCUT2D eigenvalue weighted by Gasteiger charge is 2.20. The first-order valence-electron chi connectivity index (χ1n) is 9.64. The van der Waals surface area contributed by atoms with Gasteiger partial charge in [-0.15, -0.1) is 0 Å². The maximum Gasteiger partial charge on any atom is 0.232 e. The predicted molar refractivity (Wildman–Crippen MR) is 122 cm³/mol. The Hall–Kier alpha value is -2.05. The quantitative estimate of drug-likeness (QED) is 0.613. The molecule has 0 saturated heterocycles. The molecule has 158 valence electrons. The summed E-state index contributed by atoms with van der Waals surface area (Å²) in [6.07, 6.45) is 1.78. The van der Waals surface area contributed by atoms with Crippen LogP contribution >= 0.6 is 11.6 Å². The molecule has 0 spiro atoms. The largest absolute Gasteiger partial charge is 0.326 e. The van der Waals surface area contributed by atoms with Crippen LogP contribution in [0.15, 0.2) is 36.4 Å². The zero-order valence-electron chi connectivity index (χ0n) is 17.6. The normalized spacial score (nSPS) is 11.6. The molecule has 0 aliphatic carbocycles. The van der Waals surface area contributed by atoms with E-state index in [1.54, 1.807) is 18.2 Å². The number of sulfonamides is 1. The first-order chi connectivity index (χ1) is 13.5. The summed E-state index contributed by atoms with van der Waals surface area (Å²) in [7, 11) is -3.50. The average molecular weight is 437 g/mol. The van der Waals surface area contributed by atoms with Crippen LogP contribution in [0, 0.1) is 13.8 Å². The second-order valence-electron chi connectivity index (χ2n) is 7.61.